The monoisotopic (exact) mass is 272 g/mol. The van der Waals surface area contributed by atoms with E-state index < -0.39 is 0 Å². The molecule has 1 aromatic heterocycles. The zero-order valence-electron chi connectivity index (χ0n) is 11.1. The molecule has 0 radical (unpaired) electrons. The third-order valence-electron chi connectivity index (χ3n) is 3.35. The first-order valence-corrected chi connectivity index (χ1v) is 6.86. The van der Waals surface area contributed by atoms with Crippen LogP contribution >= 0.6 is 0 Å². The van der Waals surface area contributed by atoms with Crippen LogP contribution in [-0.4, -0.2) is 26.9 Å². The first-order chi connectivity index (χ1) is 9.74. The second-order valence-electron chi connectivity index (χ2n) is 5.08. The summed E-state index contributed by atoms with van der Waals surface area (Å²) in [4.78, 5) is 23.7. The van der Waals surface area contributed by atoms with E-state index in [0.717, 1.165) is 12.8 Å². The molecule has 20 heavy (non-hydrogen) atoms. The minimum Gasteiger partial charge on any atom is -0.353 e. The number of rotatable bonds is 5. The van der Waals surface area contributed by atoms with Gasteiger partial charge < -0.3 is 5.32 Å². The maximum absolute atomic E-state index is 12.2. The third-order valence-corrected chi connectivity index (χ3v) is 3.35. The average Bonchev–Trinajstić information content (AvgIpc) is 3.25. The van der Waals surface area contributed by atoms with Gasteiger partial charge in [-0.05, 0) is 31.4 Å². The van der Waals surface area contributed by atoms with Crippen molar-refractivity contribution < 1.29 is 4.79 Å². The van der Waals surface area contributed by atoms with E-state index in [9.17, 15) is 9.59 Å². The number of carbonyl (C=O) groups excluding carboxylic acids is 1. The zero-order chi connectivity index (χ0) is 13.9. The molecule has 0 atom stereocenters. The van der Waals surface area contributed by atoms with Crippen molar-refractivity contribution in [3.05, 3.63) is 34.6 Å². The molecule has 2 aromatic rings. The SMILES string of the molecule is O=C(CCCn1nnc2ccccc2c1=O)NC1CC1. The first-order valence-electron chi connectivity index (χ1n) is 6.86. The Hall–Kier alpha value is -2.24. The molecule has 1 aromatic carbocycles. The molecule has 3 rings (SSSR count). The second-order valence-corrected chi connectivity index (χ2v) is 5.08. The van der Waals surface area contributed by atoms with Crippen molar-refractivity contribution in [1.29, 1.82) is 0 Å². The molecule has 1 aliphatic carbocycles. The van der Waals surface area contributed by atoms with Crippen LogP contribution in [0.2, 0.25) is 0 Å². The lowest BCUT2D eigenvalue weighted by molar-refractivity contribution is -0.121. The van der Waals surface area contributed by atoms with Crippen molar-refractivity contribution in [3.8, 4) is 0 Å². The molecule has 1 amide bonds. The van der Waals surface area contributed by atoms with E-state index in [-0.39, 0.29) is 11.5 Å². The molecule has 0 unspecified atom stereocenters. The van der Waals surface area contributed by atoms with Crippen molar-refractivity contribution >= 4 is 16.8 Å². The summed E-state index contributed by atoms with van der Waals surface area (Å²) in [7, 11) is 0. The molecule has 0 saturated heterocycles. The predicted octanol–water partition coefficient (Wildman–Crippen LogP) is 0.850. The fourth-order valence-corrected chi connectivity index (χ4v) is 2.09. The number of benzene rings is 1. The number of carbonyl (C=O) groups is 1. The summed E-state index contributed by atoms with van der Waals surface area (Å²) in [6, 6.07) is 7.51. The number of nitrogens with one attached hydrogen (secondary N) is 1. The van der Waals surface area contributed by atoms with E-state index in [1.165, 1.54) is 4.68 Å². The summed E-state index contributed by atoms with van der Waals surface area (Å²) in [5, 5.41) is 11.4. The molecule has 6 nitrogen and oxygen atoms in total. The number of fused-ring (bicyclic) bond motifs is 1. The van der Waals surface area contributed by atoms with E-state index in [1.54, 1.807) is 18.2 Å². The fraction of sp³-hybridized carbons (Fsp3) is 0.429. The molecule has 0 aliphatic heterocycles. The molecule has 1 heterocycles. The lowest BCUT2D eigenvalue weighted by Crippen LogP contribution is -2.27. The van der Waals surface area contributed by atoms with Crippen LogP contribution < -0.4 is 10.9 Å². The highest BCUT2D eigenvalue weighted by atomic mass is 16.1. The van der Waals surface area contributed by atoms with Gasteiger partial charge in [-0.2, -0.15) is 0 Å². The van der Waals surface area contributed by atoms with Crippen LogP contribution in [-0.2, 0) is 11.3 Å². The van der Waals surface area contributed by atoms with Gasteiger partial charge in [0.05, 0.1) is 5.39 Å². The van der Waals surface area contributed by atoms with Crippen molar-refractivity contribution in [2.75, 3.05) is 0 Å². The molecule has 6 heteroatoms. The van der Waals surface area contributed by atoms with Gasteiger partial charge in [-0.3, -0.25) is 9.59 Å². The Bertz CT molecular complexity index is 691. The number of hydrogen-bond acceptors (Lipinski definition) is 4. The van der Waals surface area contributed by atoms with Crippen LogP contribution in [0.3, 0.4) is 0 Å². The van der Waals surface area contributed by atoms with Crippen molar-refractivity contribution in [1.82, 2.24) is 20.3 Å². The standard InChI is InChI=1S/C14H16N4O2/c19-13(15-10-7-8-10)6-3-9-18-14(20)11-4-1-2-5-12(11)16-17-18/h1-2,4-5,10H,3,6-9H2,(H,15,19). The lowest BCUT2D eigenvalue weighted by atomic mass is 10.2. The number of aryl methyl sites for hydroxylation is 1. The number of amides is 1. The van der Waals surface area contributed by atoms with Crippen LogP contribution in [0, 0.1) is 0 Å². The second kappa shape index (κ2) is 5.40. The lowest BCUT2D eigenvalue weighted by Gasteiger charge is -2.05. The van der Waals surface area contributed by atoms with Crippen LogP contribution in [0.15, 0.2) is 29.1 Å². The van der Waals surface area contributed by atoms with Crippen molar-refractivity contribution in [3.63, 3.8) is 0 Å². The summed E-state index contributed by atoms with van der Waals surface area (Å²) in [6.07, 6.45) is 3.17. The van der Waals surface area contributed by atoms with Gasteiger partial charge >= 0.3 is 0 Å². The molecule has 0 spiro atoms. The van der Waals surface area contributed by atoms with Crippen LogP contribution in [0.25, 0.3) is 10.9 Å². The summed E-state index contributed by atoms with van der Waals surface area (Å²) >= 11 is 0. The van der Waals surface area contributed by atoms with E-state index in [4.69, 9.17) is 0 Å². The minimum atomic E-state index is -0.154. The normalized spacial score (nSPS) is 14.4. The maximum Gasteiger partial charge on any atom is 0.277 e. The largest absolute Gasteiger partial charge is 0.353 e. The Kier molecular flexibility index (Phi) is 3.45. The Morgan fingerprint density at radius 3 is 2.95 bits per heavy atom. The smallest absolute Gasteiger partial charge is 0.277 e. The molecule has 0 bridgehead atoms. The Morgan fingerprint density at radius 2 is 2.15 bits per heavy atom. The molecule has 1 aliphatic rings. The highest BCUT2D eigenvalue weighted by molar-refractivity contribution is 5.77. The van der Waals surface area contributed by atoms with Gasteiger partial charge in [0, 0.05) is 19.0 Å². The van der Waals surface area contributed by atoms with Gasteiger partial charge in [-0.1, -0.05) is 17.3 Å². The van der Waals surface area contributed by atoms with E-state index >= 15 is 0 Å². The highest BCUT2D eigenvalue weighted by Gasteiger charge is 2.22. The Morgan fingerprint density at radius 1 is 1.35 bits per heavy atom. The molecule has 1 N–H and O–H groups in total. The predicted molar refractivity (Wildman–Crippen MR) is 74.2 cm³/mol. The van der Waals surface area contributed by atoms with Gasteiger partial charge in [0.1, 0.15) is 5.52 Å². The van der Waals surface area contributed by atoms with Gasteiger partial charge in [-0.15, -0.1) is 5.10 Å². The van der Waals surface area contributed by atoms with Gasteiger partial charge in [0.25, 0.3) is 5.56 Å². The molecule has 1 fully saturated rings. The van der Waals surface area contributed by atoms with E-state index in [0.29, 0.717) is 36.3 Å². The van der Waals surface area contributed by atoms with Crippen molar-refractivity contribution in [2.45, 2.75) is 38.3 Å². The van der Waals surface area contributed by atoms with Crippen LogP contribution in [0.5, 0.6) is 0 Å². The first kappa shape index (κ1) is 12.8. The van der Waals surface area contributed by atoms with E-state index in [2.05, 4.69) is 15.6 Å². The molecule has 104 valence electrons. The summed E-state index contributed by atoms with van der Waals surface area (Å²) in [5.41, 5.74) is 0.443. The maximum atomic E-state index is 12.2. The molecular weight excluding hydrogens is 256 g/mol. The molecule has 1 saturated carbocycles. The topological polar surface area (TPSA) is 76.9 Å². The fourth-order valence-electron chi connectivity index (χ4n) is 2.09. The summed E-state index contributed by atoms with van der Waals surface area (Å²) in [6.45, 7) is 0.411. The summed E-state index contributed by atoms with van der Waals surface area (Å²) in [5.74, 6) is 0.0503. The quantitative estimate of drug-likeness (QED) is 0.875. The number of nitrogens with zero attached hydrogens (tertiary/aromatic N) is 3. The Labute approximate surface area is 115 Å². The van der Waals surface area contributed by atoms with Gasteiger partial charge in [-0.25, -0.2) is 4.68 Å². The van der Waals surface area contributed by atoms with Crippen LogP contribution in [0.4, 0.5) is 0 Å². The van der Waals surface area contributed by atoms with Crippen molar-refractivity contribution in [2.24, 2.45) is 0 Å². The van der Waals surface area contributed by atoms with Gasteiger partial charge in [0.2, 0.25) is 5.91 Å². The van der Waals surface area contributed by atoms with Gasteiger partial charge in [0.15, 0.2) is 0 Å². The average molecular weight is 272 g/mol. The van der Waals surface area contributed by atoms with Crippen LogP contribution in [0.1, 0.15) is 25.7 Å². The highest BCUT2D eigenvalue weighted by Crippen LogP contribution is 2.18. The minimum absolute atomic E-state index is 0.0503. The third kappa shape index (κ3) is 2.84. The number of aromatic nitrogens is 3. The number of hydrogen-bond donors (Lipinski definition) is 1. The van der Waals surface area contributed by atoms with E-state index in [1.807, 2.05) is 6.07 Å². The summed E-state index contributed by atoms with van der Waals surface area (Å²) < 4.78 is 1.33. The zero-order valence-corrected chi connectivity index (χ0v) is 11.1. The Balaban J connectivity index is 1.63. The molecular formula is C14H16N4O2.